The number of hydrogen-bond donors (Lipinski definition) is 1. The summed E-state index contributed by atoms with van der Waals surface area (Å²) in [6.07, 6.45) is 0.985. The van der Waals surface area contributed by atoms with E-state index in [0.29, 0.717) is 19.5 Å². The molecule has 1 aliphatic rings. The van der Waals surface area contributed by atoms with Crippen LogP contribution in [0.3, 0.4) is 0 Å². The first-order valence-electron chi connectivity index (χ1n) is 9.75. The molecule has 1 fully saturated rings. The molecule has 0 saturated carbocycles. The van der Waals surface area contributed by atoms with Gasteiger partial charge in [-0.2, -0.15) is 0 Å². The quantitative estimate of drug-likeness (QED) is 0.832. The molecule has 2 amide bonds. The van der Waals surface area contributed by atoms with E-state index in [1.807, 2.05) is 26.0 Å². The summed E-state index contributed by atoms with van der Waals surface area (Å²) in [5, 5.41) is 6.11. The Labute approximate surface area is 171 Å². The minimum Gasteiger partial charge on any atom is -0.355 e. The number of nitrogens with zero attached hydrogens (tertiary/aromatic N) is 2. The summed E-state index contributed by atoms with van der Waals surface area (Å²) in [6.45, 7) is 11.5. The van der Waals surface area contributed by atoms with Crippen LogP contribution >= 0.6 is 11.3 Å². The zero-order valence-electron chi connectivity index (χ0n) is 17.3. The lowest BCUT2D eigenvalue weighted by atomic mass is 9.93. The first kappa shape index (κ1) is 20.5. The molecular formula is C22H29N3O2S. The van der Waals surface area contributed by atoms with Crippen molar-refractivity contribution in [2.24, 2.45) is 5.92 Å². The van der Waals surface area contributed by atoms with E-state index in [4.69, 9.17) is 0 Å². The number of aryl methyl sites for hydroxylation is 2. The Morgan fingerprint density at radius 2 is 2.07 bits per heavy atom. The van der Waals surface area contributed by atoms with Crippen molar-refractivity contribution in [3.63, 3.8) is 0 Å². The number of hydrogen-bond acceptors (Lipinski definition) is 4. The summed E-state index contributed by atoms with van der Waals surface area (Å²) >= 11 is 1.64. The lowest BCUT2D eigenvalue weighted by Crippen LogP contribution is -2.34. The molecule has 150 valence electrons. The van der Waals surface area contributed by atoms with Gasteiger partial charge in [0, 0.05) is 42.4 Å². The highest BCUT2D eigenvalue weighted by atomic mass is 32.1. The van der Waals surface area contributed by atoms with Gasteiger partial charge in [-0.1, -0.05) is 38.5 Å². The number of carbonyl (C=O) groups excluding carboxylic acids is 2. The molecule has 28 heavy (non-hydrogen) atoms. The van der Waals surface area contributed by atoms with Crippen molar-refractivity contribution in [1.82, 2.24) is 10.3 Å². The number of anilines is 1. The average molecular weight is 400 g/mol. The van der Waals surface area contributed by atoms with E-state index in [9.17, 15) is 9.59 Å². The summed E-state index contributed by atoms with van der Waals surface area (Å²) in [4.78, 5) is 31.4. The fraction of sp³-hybridized carbons (Fsp3) is 0.500. The van der Waals surface area contributed by atoms with Crippen LogP contribution in [-0.2, 0) is 21.4 Å². The maximum atomic E-state index is 12.6. The Bertz CT molecular complexity index is 882. The van der Waals surface area contributed by atoms with Crippen LogP contribution in [0, 0.1) is 19.8 Å². The molecule has 6 heteroatoms. The van der Waals surface area contributed by atoms with Crippen molar-refractivity contribution in [3.05, 3.63) is 45.4 Å². The lowest BCUT2D eigenvalue weighted by Gasteiger charge is -2.19. The zero-order chi connectivity index (χ0) is 20.5. The van der Waals surface area contributed by atoms with Crippen LogP contribution in [0.25, 0.3) is 0 Å². The number of nitrogens with one attached hydrogen (secondary N) is 1. The van der Waals surface area contributed by atoms with Gasteiger partial charge < -0.3 is 10.2 Å². The van der Waals surface area contributed by atoms with Crippen molar-refractivity contribution < 1.29 is 9.59 Å². The van der Waals surface area contributed by atoms with Crippen molar-refractivity contribution in [1.29, 1.82) is 0 Å². The molecule has 1 unspecified atom stereocenters. The highest BCUT2D eigenvalue weighted by Crippen LogP contribution is 2.28. The summed E-state index contributed by atoms with van der Waals surface area (Å²) in [6, 6.07) is 6.04. The first-order valence-corrected chi connectivity index (χ1v) is 10.6. The summed E-state index contributed by atoms with van der Waals surface area (Å²) in [5.41, 5.74) is 4.26. The maximum absolute atomic E-state index is 12.6. The second kappa shape index (κ2) is 8.03. The van der Waals surface area contributed by atoms with E-state index in [0.717, 1.165) is 22.0 Å². The molecular weight excluding hydrogens is 370 g/mol. The minimum atomic E-state index is -0.297. The summed E-state index contributed by atoms with van der Waals surface area (Å²) in [5.74, 6) is -0.329. The fourth-order valence-electron chi connectivity index (χ4n) is 3.43. The SMILES string of the molecule is Cc1ccc(N2CC(C(=O)NCCc3nc(C(C)(C)C)cs3)CC2=O)c(C)c1. The Morgan fingerprint density at radius 3 is 2.71 bits per heavy atom. The van der Waals surface area contributed by atoms with Gasteiger partial charge in [-0.05, 0) is 25.5 Å². The maximum Gasteiger partial charge on any atom is 0.227 e. The number of thiazole rings is 1. The smallest absolute Gasteiger partial charge is 0.227 e. The van der Waals surface area contributed by atoms with Crippen LogP contribution in [0.4, 0.5) is 5.69 Å². The topological polar surface area (TPSA) is 62.3 Å². The predicted octanol–water partition coefficient (Wildman–Crippen LogP) is 3.77. The van der Waals surface area contributed by atoms with E-state index < -0.39 is 0 Å². The number of amides is 2. The largest absolute Gasteiger partial charge is 0.355 e. The van der Waals surface area contributed by atoms with Gasteiger partial charge in [-0.25, -0.2) is 4.98 Å². The van der Waals surface area contributed by atoms with Crippen LogP contribution in [0.2, 0.25) is 0 Å². The second-order valence-corrected chi connectivity index (χ2v) is 9.56. The number of aromatic nitrogens is 1. The third-order valence-corrected chi connectivity index (χ3v) is 6.01. The third kappa shape index (κ3) is 4.61. The molecule has 1 N–H and O–H groups in total. The molecule has 2 heterocycles. The standard InChI is InChI=1S/C22H29N3O2S/c1-14-6-7-17(15(2)10-14)25-12-16(11-20(25)26)21(27)23-9-8-19-24-18(13-28-19)22(3,4)5/h6-7,10,13,16H,8-9,11-12H2,1-5H3,(H,23,27). The molecule has 0 aliphatic carbocycles. The lowest BCUT2D eigenvalue weighted by molar-refractivity contribution is -0.126. The van der Waals surface area contributed by atoms with Gasteiger partial charge in [0.05, 0.1) is 16.6 Å². The van der Waals surface area contributed by atoms with Crippen LogP contribution in [-0.4, -0.2) is 29.9 Å². The van der Waals surface area contributed by atoms with Crippen LogP contribution in [0.1, 0.15) is 49.0 Å². The number of benzene rings is 1. The molecule has 1 atom stereocenters. The van der Waals surface area contributed by atoms with E-state index in [1.165, 1.54) is 5.56 Å². The monoisotopic (exact) mass is 399 g/mol. The van der Waals surface area contributed by atoms with E-state index in [1.54, 1.807) is 16.2 Å². The Morgan fingerprint density at radius 1 is 1.32 bits per heavy atom. The van der Waals surface area contributed by atoms with Crippen LogP contribution < -0.4 is 10.2 Å². The molecule has 0 spiro atoms. The highest BCUT2D eigenvalue weighted by Gasteiger charge is 2.35. The molecule has 1 saturated heterocycles. The van der Waals surface area contributed by atoms with E-state index in [2.05, 4.69) is 42.5 Å². The van der Waals surface area contributed by atoms with Gasteiger partial charge in [-0.15, -0.1) is 11.3 Å². The first-order chi connectivity index (χ1) is 13.1. The normalized spacial score (nSPS) is 17.2. The van der Waals surface area contributed by atoms with Crippen molar-refractivity contribution in [3.8, 4) is 0 Å². The Hall–Kier alpha value is -2.21. The van der Waals surface area contributed by atoms with Crippen LogP contribution in [0.15, 0.2) is 23.6 Å². The minimum absolute atomic E-state index is 0.0156. The van der Waals surface area contributed by atoms with E-state index in [-0.39, 0.29) is 29.6 Å². The third-order valence-electron chi connectivity index (χ3n) is 5.10. The second-order valence-electron chi connectivity index (χ2n) is 8.61. The van der Waals surface area contributed by atoms with Gasteiger partial charge in [0.15, 0.2) is 0 Å². The molecule has 3 rings (SSSR count). The van der Waals surface area contributed by atoms with E-state index >= 15 is 0 Å². The zero-order valence-corrected chi connectivity index (χ0v) is 18.2. The molecule has 1 aliphatic heterocycles. The Kier molecular flexibility index (Phi) is 5.89. The molecule has 0 radical (unpaired) electrons. The van der Waals surface area contributed by atoms with Gasteiger partial charge in [-0.3, -0.25) is 9.59 Å². The summed E-state index contributed by atoms with van der Waals surface area (Å²) < 4.78 is 0. The number of carbonyl (C=O) groups is 2. The molecule has 5 nitrogen and oxygen atoms in total. The molecule has 2 aromatic rings. The van der Waals surface area contributed by atoms with Crippen molar-refractivity contribution in [2.75, 3.05) is 18.0 Å². The molecule has 0 bridgehead atoms. The predicted molar refractivity (Wildman–Crippen MR) is 114 cm³/mol. The fourth-order valence-corrected chi connectivity index (χ4v) is 4.46. The molecule has 1 aromatic heterocycles. The average Bonchev–Trinajstić information content (AvgIpc) is 3.22. The van der Waals surface area contributed by atoms with Crippen molar-refractivity contribution >= 4 is 28.8 Å². The number of rotatable bonds is 5. The van der Waals surface area contributed by atoms with Gasteiger partial charge >= 0.3 is 0 Å². The van der Waals surface area contributed by atoms with Crippen molar-refractivity contribution in [2.45, 2.75) is 52.9 Å². The highest BCUT2D eigenvalue weighted by molar-refractivity contribution is 7.09. The van der Waals surface area contributed by atoms with Crippen LogP contribution in [0.5, 0.6) is 0 Å². The van der Waals surface area contributed by atoms with Gasteiger partial charge in [0.25, 0.3) is 0 Å². The van der Waals surface area contributed by atoms with Gasteiger partial charge in [0.1, 0.15) is 0 Å². The Balaban J connectivity index is 1.54. The van der Waals surface area contributed by atoms with Gasteiger partial charge in [0.2, 0.25) is 11.8 Å². The molecule has 1 aromatic carbocycles. The summed E-state index contributed by atoms with van der Waals surface area (Å²) in [7, 11) is 0.